The second kappa shape index (κ2) is 8.00. The molecule has 1 aromatic carbocycles. The number of fused-ring (bicyclic) bond motifs is 2. The summed E-state index contributed by atoms with van der Waals surface area (Å²) in [5.74, 6) is -1.37. The van der Waals surface area contributed by atoms with Crippen molar-refractivity contribution in [3.8, 4) is 0 Å². The first-order chi connectivity index (χ1) is 15.9. The van der Waals surface area contributed by atoms with E-state index in [4.69, 9.17) is 11.6 Å². The van der Waals surface area contributed by atoms with Gasteiger partial charge in [0.2, 0.25) is 11.8 Å². The fourth-order valence-corrected chi connectivity index (χ4v) is 4.66. The number of imide groups is 1. The molecule has 1 saturated heterocycles. The number of hydrogen-bond acceptors (Lipinski definition) is 5. The Bertz CT molecular complexity index is 1350. The zero-order valence-electron chi connectivity index (χ0n) is 17.7. The van der Waals surface area contributed by atoms with Gasteiger partial charge in [-0.2, -0.15) is 0 Å². The molecule has 2 aromatic heterocycles. The summed E-state index contributed by atoms with van der Waals surface area (Å²) in [5.41, 5.74) is 3.52. The smallest absolute Gasteiger partial charge is 0.272 e. The lowest BCUT2D eigenvalue weighted by Gasteiger charge is -2.29. The second-order valence-corrected chi connectivity index (χ2v) is 8.48. The predicted molar refractivity (Wildman–Crippen MR) is 121 cm³/mol. The topological polar surface area (TPSA) is 124 Å². The highest BCUT2D eigenvalue weighted by Crippen LogP contribution is 2.30. The number of pyridine rings is 1. The summed E-state index contributed by atoms with van der Waals surface area (Å²) < 4.78 is 0. The second-order valence-electron chi connectivity index (χ2n) is 8.09. The minimum absolute atomic E-state index is 0.197. The lowest BCUT2D eigenvalue weighted by Crippen LogP contribution is -2.52. The van der Waals surface area contributed by atoms with Gasteiger partial charge in [-0.05, 0) is 54.3 Å². The molecule has 4 amide bonds. The van der Waals surface area contributed by atoms with Crippen molar-refractivity contribution in [3.63, 3.8) is 0 Å². The molecule has 2 aliphatic rings. The number of carbonyl (C=O) groups is 4. The first kappa shape index (κ1) is 21.1. The Kier molecular flexibility index (Phi) is 5.13. The van der Waals surface area contributed by atoms with E-state index in [1.165, 1.54) is 4.90 Å². The largest absolute Gasteiger partial charge is 0.335 e. The van der Waals surface area contributed by atoms with Crippen molar-refractivity contribution in [2.24, 2.45) is 0 Å². The lowest BCUT2D eigenvalue weighted by atomic mass is 10.0. The van der Waals surface area contributed by atoms with Gasteiger partial charge < -0.3 is 15.2 Å². The molecule has 0 radical (unpaired) electrons. The van der Waals surface area contributed by atoms with E-state index in [1.807, 2.05) is 13.0 Å². The van der Waals surface area contributed by atoms with E-state index in [0.29, 0.717) is 46.2 Å². The van der Waals surface area contributed by atoms with Crippen LogP contribution in [0.15, 0.2) is 30.3 Å². The summed E-state index contributed by atoms with van der Waals surface area (Å²) in [4.78, 5) is 58.3. The Labute approximate surface area is 193 Å². The Morgan fingerprint density at radius 1 is 1.24 bits per heavy atom. The highest BCUT2D eigenvalue weighted by atomic mass is 35.5. The number of aromatic amines is 1. The Balaban J connectivity index is 1.38. The number of aromatic nitrogens is 2. The molecule has 0 saturated carbocycles. The van der Waals surface area contributed by atoms with Crippen LogP contribution in [0.25, 0.3) is 11.0 Å². The molecule has 3 aromatic rings. The van der Waals surface area contributed by atoms with Crippen molar-refractivity contribution in [2.45, 2.75) is 38.8 Å². The van der Waals surface area contributed by atoms with Gasteiger partial charge in [-0.15, -0.1) is 0 Å². The van der Waals surface area contributed by atoms with Crippen molar-refractivity contribution in [1.29, 1.82) is 0 Å². The van der Waals surface area contributed by atoms with Crippen LogP contribution in [0, 0.1) is 0 Å². The molecule has 0 bridgehead atoms. The molecule has 0 aliphatic carbocycles. The van der Waals surface area contributed by atoms with Crippen LogP contribution in [-0.2, 0) is 22.6 Å². The minimum atomic E-state index is -0.682. The van der Waals surface area contributed by atoms with Crippen molar-refractivity contribution < 1.29 is 19.2 Å². The molecule has 2 aliphatic heterocycles. The number of piperidine rings is 1. The van der Waals surface area contributed by atoms with Crippen molar-refractivity contribution in [1.82, 2.24) is 20.2 Å². The number of hydrogen-bond donors (Lipinski definition) is 3. The molecule has 4 heterocycles. The van der Waals surface area contributed by atoms with Gasteiger partial charge in [0.25, 0.3) is 11.8 Å². The van der Waals surface area contributed by atoms with E-state index < -0.39 is 11.9 Å². The number of H-pyrrole nitrogens is 1. The number of benzene rings is 1. The molecule has 5 rings (SSSR count). The molecule has 1 fully saturated rings. The van der Waals surface area contributed by atoms with E-state index in [0.717, 1.165) is 10.9 Å². The zero-order valence-corrected chi connectivity index (χ0v) is 18.5. The molecule has 0 spiro atoms. The van der Waals surface area contributed by atoms with Crippen LogP contribution in [0.2, 0.25) is 5.15 Å². The third kappa shape index (κ3) is 3.64. The van der Waals surface area contributed by atoms with Crippen LogP contribution < -0.4 is 10.6 Å². The van der Waals surface area contributed by atoms with Crippen LogP contribution in [0.4, 0.5) is 5.69 Å². The van der Waals surface area contributed by atoms with Gasteiger partial charge in [0.1, 0.15) is 22.5 Å². The van der Waals surface area contributed by atoms with Gasteiger partial charge in [0.15, 0.2) is 0 Å². The van der Waals surface area contributed by atoms with E-state index in [9.17, 15) is 19.2 Å². The Morgan fingerprint density at radius 3 is 2.82 bits per heavy atom. The molecule has 1 atom stereocenters. The fourth-order valence-electron chi connectivity index (χ4n) is 4.51. The predicted octanol–water partition coefficient (Wildman–Crippen LogP) is 2.79. The Hall–Kier alpha value is -3.72. The van der Waals surface area contributed by atoms with Gasteiger partial charge >= 0.3 is 0 Å². The lowest BCUT2D eigenvalue weighted by molar-refractivity contribution is -0.136. The van der Waals surface area contributed by atoms with Gasteiger partial charge in [0.05, 0.1) is 0 Å². The summed E-state index contributed by atoms with van der Waals surface area (Å²) >= 11 is 5.98. The molecule has 9 nitrogen and oxygen atoms in total. The number of rotatable bonds is 4. The van der Waals surface area contributed by atoms with Crippen LogP contribution in [0.3, 0.4) is 0 Å². The summed E-state index contributed by atoms with van der Waals surface area (Å²) in [6.07, 6.45) is 1.13. The maximum Gasteiger partial charge on any atom is 0.272 e. The molecule has 3 N–H and O–H groups in total. The van der Waals surface area contributed by atoms with Crippen LogP contribution in [-0.4, -0.2) is 44.5 Å². The summed E-state index contributed by atoms with van der Waals surface area (Å²) in [6.45, 7) is 2.19. The number of anilines is 1. The normalized spacial score (nSPS) is 17.9. The van der Waals surface area contributed by atoms with Gasteiger partial charge in [-0.3, -0.25) is 24.5 Å². The van der Waals surface area contributed by atoms with Gasteiger partial charge in [0, 0.05) is 29.6 Å². The molecule has 33 heavy (non-hydrogen) atoms. The van der Waals surface area contributed by atoms with E-state index >= 15 is 0 Å². The number of aryl methyl sites for hydroxylation is 1. The van der Waals surface area contributed by atoms with Crippen LogP contribution in [0.5, 0.6) is 0 Å². The molecular weight excluding hydrogens is 446 g/mol. The van der Waals surface area contributed by atoms with Gasteiger partial charge in [-0.25, -0.2) is 4.98 Å². The maximum absolute atomic E-state index is 13.0. The van der Waals surface area contributed by atoms with E-state index in [-0.39, 0.29) is 30.7 Å². The molecule has 1 unspecified atom stereocenters. The number of halogens is 1. The first-order valence-electron chi connectivity index (χ1n) is 10.6. The first-order valence-corrected chi connectivity index (χ1v) is 11.0. The van der Waals surface area contributed by atoms with Gasteiger partial charge in [-0.1, -0.05) is 18.5 Å². The molecule has 10 heteroatoms. The summed E-state index contributed by atoms with van der Waals surface area (Å²) in [5, 5.41) is 6.34. The van der Waals surface area contributed by atoms with Crippen LogP contribution >= 0.6 is 11.6 Å². The monoisotopic (exact) mass is 465 g/mol. The van der Waals surface area contributed by atoms with Crippen molar-refractivity contribution in [3.05, 3.63) is 57.9 Å². The minimum Gasteiger partial charge on any atom is -0.335 e. The number of nitrogens with zero attached hydrogens (tertiary/aromatic N) is 2. The number of amides is 4. The van der Waals surface area contributed by atoms with E-state index in [1.54, 1.807) is 24.3 Å². The summed E-state index contributed by atoms with van der Waals surface area (Å²) in [6, 6.07) is 7.88. The van der Waals surface area contributed by atoms with Crippen molar-refractivity contribution in [2.75, 3.05) is 5.32 Å². The SMILES string of the molecule is CCc1c(C(=O)Nc2ccc3c(c2)CN(C2CCC(=O)NC2=O)C3=O)[nH]c2nc(Cl)ccc12. The molecule has 168 valence electrons. The quantitative estimate of drug-likeness (QED) is 0.403. The average molecular weight is 466 g/mol. The average Bonchev–Trinajstić information content (AvgIpc) is 3.30. The number of nitrogens with one attached hydrogen (secondary N) is 3. The molecular formula is C23H20ClN5O4. The number of carbonyl (C=O) groups excluding carboxylic acids is 4. The zero-order chi connectivity index (χ0) is 23.3. The highest BCUT2D eigenvalue weighted by molar-refractivity contribution is 6.29. The highest BCUT2D eigenvalue weighted by Gasteiger charge is 2.39. The third-order valence-corrected chi connectivity index (χ3v) is 6.30. The van der Waals surface area contributed by atoms with Crippen molar-refractivity contribution >= 4 is 52.0 Å². The fraction of sp³-hybridized carbons (Fsp3) is 0.261. The Morgan fingerprint density at radius 2 is 2.06 bits per heavy atom. The maximum atomic E-state index is 13.0. The third-order valence-electron chi connectivity index (χ3n) is 6.09. The van der Waals surface area contributed by atoms with Crippen LogP contribution in [0.1, 0.15) is 51.7 Å². The van der Waals surface area contributed by atoms with E-state index in [2.05, 4.69) is 20.6 Å². The standard InChI is InChI=1S/C23H20ClN5O4/c1-2-13-15-5-7-17(24)26-20(15)28-19(13)22(32)25-12-3-4-14-11(9-12)10-29(23(14)33)16-6-8-18(30)27-21(16)31/h3-5,7,9,16H,2,6,8,10H2,1H3,(H,25,32)(H,26,28)(H,27,30,31). The summed E-state index contributed by atoms with van der Waals surface area (Å²) in [7, 11) is 0.